The third-order valence-electron chi connectivity index (χ3n) is 4.55. The number of halogens is 1. The molecule has 0 aliphatic rings. The number of carbonyl (C=O) groups excluding carboxylic acids is 2. The van der Waals surface area contributed by atoms with Gasteiger partial charge in [0.2, 0.25) is 0 Å². The van der Waals surface area contributed by atoms with Gasteiger partial charge in [0.25, 0.3) is 0 Å². The van der Waals surface area contributed by atoms with Crippen LogP contribution < -0.4 is 0 Å². The summed E-state index contributed by atoms with van der Waals surface area (Å²) in [4.78, 5) is 25.4. The van der Waals surface area contributed by atoms with Gasteiger partial charge in [-0.3, -0.25) is 0 Å². The van der Waals surface area contributed by atoms with Gasteiger partial charge in [-0.1, -0.05) is 53.1 Å². The van der Waals surface area contributed by atoms with E-state index in [0.29, 0.717) is 23.4 Å². The molecule has 0 fully saturated rings. The van der Waals surface area contributed by atoms with Crippen molar-refractivity contribution in [3.05, 3.63) is 33.8 Å². The molecule has 0 spiro atoms. The summed E-state index contributed by atoms with van der Waals surface area (Å²) in [5, 5.41) is 0.419. The van der Waals surface area contributed by atoms with Crippen molar-refractivity contribution < 1.29 is 19.1 Å². The second-order valence-corrected chi connectivity index (χ2v) is 7.75. The van der Waals surface area contributed by atoms with Crippen molar-refractivity contribution in [2.24, 2.45) is 11.8 Å². The molecule has 26 heavy (non-hydrogen) atoms. The lowest BCUT2D eigenvalue weighted by atomic mass is 10.0. The molecule has 0 saturated carbocycles. The summed E-state index contributed by atoms with van der Waals surface area (Å²) in [6, 6.07) is 3.10. The summed E-state index contributed by atoms with van der Waals surface area (Å²) < 4.78 is 11.2. The normalized spacial score (nSPS) is 13.6. The number of aryl methyl sites for hydroxylation is 1. The minimum Gasteiger partial charge on any atom is -0.459 e. The number of esters is 2. The van der Waals surface area contributed by atoms with E-state index in [2.05, 4.69) is 0 Å². The molecule has 0 aliphatic heterocycles. The Morgan fingerprint density at radius 1 is 0.885 bits per heavy atom. The van der Waals surface area contributed by atoms with E-state index >= 15 is 0 Å². The van der Waals surface area contributed by atoms with Crippen molar-refractivity contribution in [2.75, 3.05) is 0 Å². The van der Waals surface area contributed by atoms with Gasteiger partial charge in [0.05, 0.1) is 11.1 Å². The van der Waals surface area contributed by atoms with Gasteiger partial charge in [-0.05, 0) is 49.3 Å². The van der Waals surface area contributed by atoms with Gasteiger partial charge >= 0.3 is 11.9 Å². The molecule has 4 nitrogen and oxygen atoms in total. The van der Waals surface area contributed by atoms with E-state index in [1.54, 1.807) is 13.0 Å². The number of benzene rings is 1. The quantitative estimate of drug-likeness (QED) is 0.530. The van der Waals surface area contributed by atoms with Crippen LogP contribution in [-0.4, -0.2) is 24.1 Å². The average molecular weight is 383 g/mol. The second kappa shape index (κ2) is 9.96. The molecule has 1 aromatic carbocycles. The van der Waals surface area contributed by atoms with E-state index in [-0.39, 0.29) is 35.2 Å². The Balaban J connectivity index is 3.21. The van der Waals surface area contributed by atoms with Crippen LogP contribution in [0.5, 0.6) is 0 Å². The van der Waals surface area contributed by atoms with Crippen LogP contribution >= 0.6 is 11.6 Å². The smallest absolute Gasteiger partial charge is 0.339 e. The highest BCUT2D eigenvalue weighted by Crippen LogP contribution is 2.25. The molecule has 1 aromatic rings. The minimum atomic E-state index is -0.544. The third-order valence-corrected chi connectivity index (χ3v) is 4.95. The van der Waals surface area contributed by atoms with Gasteiger partial charge in [0, 0.05) is 5.02 Å². The summed E-state index contributed by atoms with van der Waals surface area (Å²) in [6.07, 6.45) is 0.988. The summed E-state index contributed by atoms with van der Waals surface area (Å²) in [5.41, 5.74) is 1.07. The summed E-state index contributed by atoms with van der Waals surface area (Å²) in [6.45, 7) is 13.7. The maximum Gasteiger partial charge on any atom is 0.339 e. The maximum atomic E-state index is 12.7. The molecule has 1 rings (SSSR count). The standard InChI is InChI=1S/C21H31ClO4/c1-8-18(12(3)4)25-20(23)15-10-14(7)17(22)11-16(15)21(24)26-19(9-2)13(5)6/h10-13,18-19H,8-9H2,1-7H3. The zero-order chi connectivity index (χ0) is 20.0. The molecular formula is C21H31ClO4. The van der Waals surface area contributed by atoms with Crippen LogP contribution in [0.4, 0.5) is 0 Å². The molecule has 0 saturated heterocycles. The van der Waals surface area contributed by atoms with Crippen LogP contribution in [0.25, 0.3) is 0 Å². The SMILES string of the molecule is CCC(OC(=O)c1cc(C)c(Cl)cc1C(=O)OC(CC)C(C)C)C(C)C. The largest absolute Gasteiger partial charge is 0.459 e. The zero-order valence-corrected chi connectivity index (χ0v) is 17.6. The van der Waals surface area contributed by atoms with Gasteiger partial charge in [0.1, 0.15) is 12.2 Å². The molecule has 0 amide bonds. The van der Waals surface area contributed by atoms with Crippen molar-refractivity contribution in [3.63, 3.8) is 0 Å². The first-order chi connectivity index (χ1) is 12.1. The lowest BCUT2D eigenvalue weighted by Crippen LogP contribution is -2.26. The van der Waals surface area contributed by atoms with Crippen LogP contribution in [0.3, 0.4) is 0 Å². The van der Waals surface area contributed by atoms with Crippen LogP contribution in [0.1, 0.15) is 80.7 Å². The minimum absolute atomic E-state index is 0.156. The van der Waals surface area contributed by atoms with Crippen molar-refractivity contribution in [2.45, 2.75) is 73.5 Å². The number of hydrogen-bond donors (Lipinski definition) is 0. The van der Waals surface area contributed by atoms with Crippen LogP contribution in [0.15, 0.2) is 12.1 Å². The highest BCUT2D eigenvalue weighted by Gasteiger charge is 2.26. The van der Waals surface area contributed by atoms with Crippen LogP contribution in [-0.2, 0) is 9.47 Å². The van der Waals surface area contributed by atoms with Crippen molar-refractivity contribution in [3.8, 4) is 0 Å². The van der Waals surface area contributed by atoms with Gasteiger partial charge in [-0.25, -0.2) is 9.59 Å². The van der Waals surface area contributed by atoms with Gasteiger partial charge < -0.3 is 9.47 Å². The summed E-state index contributed by atoms with van der Waals surface area (Å²) in [7, 11) is 0. The highest BCUT2D eigenvalue weighted by atomic mass is 35.5. The van der Waals surface area contributed by atoms with Crippen LogP contribution in [0, 0.1) is 18.8 Å². The van der Waals surface area contributed by atoms with E-state index in [9.17, 15) is 9.59 Å². The molecule has 0 radical (unpaired) electrons. The van der Waals surface area contributed by atoms with Crippen molar-refractivity contribution in [1.82, 2.24) is 0 Å². The summed E-state index contributed by atoms with van der Waals surface area (Å²) in [5.74, 6) is -0.685. The Labute approximate surface area is 162 Å². The van der Waals surface area contributed by atoms with E-state index < -0.39 is 11.9 Å². The van der Waals surface area contributed by atoms with E-state index in [1.165, 1.54) is 6.07 Å². The Hall–Kier alpha value is -1.55. The van der Waals surface area contributed by atoms with Gasteiger partial charge in [-0.2, -0.15) is 0 Å². The monoisotopic (exact) mass is 382 g/mol. The molecule has 0 N–H and O–H groups in total. The molecule has 2 atom stereocenters. The summed E-state index contributed by atoms with van der Waals surface area (Å²) >= 11 is 6.19. The molecule has 0 bridgehead atoms. The Morgan fingerprint density at radius 3 is 1.62 bits per heavy atom. The first-order valence-electron chi connectivity index (χ1n) is 9.34. The molecule has 5 heteroatoms. The molecular weight excluding hydrogens is 352 g/mol. The van der Waals surface area contributed by atoms with E-state index in [1.807, 2.05) is 41.5 Å². The fraction of sp³-hybridized carbons (Fsp3) is 0.619. The average Bonchev–Trinajstić information content (AvgIpc) is 2.58. The Bertz CT molecular complexity index is 582. The first-order valence-corrected chi connectivity index (χ1v) is 9.72. The van der Waals surface area contributed by atoms with E-state index in [4.69, 9.17) is 21.1 Å². The highest BCUT2D eigenvalue weighted by molar-refractivity contribution is 6.32. The van der Waals surface area contributed by atoms with Crippen molar-refractivity contribution in [1.29, 1.82) is 0 Å². The van der Waals surface area contributed by atoms with Gasteiger partial charge in [-0.15, -0.1) is 0 Å². The Kier molecular flexibility index (Phi) is 8.61. The molecule has 0 heterocycles. The number of hydrogen-bond acceptors (Lipinski definition) is 4. The topological polar surface area (TPSA) is 52.6 Å². The van der Waals surface area contributed by atoms with E-state index in [0.717, 1.165) is 0 Å². The Morgan fingerprint density at radius 2 is 1.27 bits per heavy atom. The second-order valence-electron chi connectivity index (χ2n) is 7.34. The van der Waals surface area contributed by atoms with Crippen LogP contribution in [0.2, 0.25) is 5.02 Å². The number of carbonyl (C=O) groups is 2. The predicted molar refractivity (Wildman–Crippen MR) is 105 cm³/mol. The number of ether oxygens (including phenoxy) is 2. The lowest BCUT2D eigenvalue weighted by Gasteiger charge is -2.22. The lowest BCUT2D eigenvalue weighted by molar-refractivity contribution is 0.0127. The third kappa shape index (κ3) is 5.73. The maximum absolute atomic E-state index is 12.7. The molecule has 2 unspecified atom stereocenters. The van der Waals surface area contributed by atoms with Gasteiger partial charge in [0.15, 0.2) is 0 Å². The fourth-order valence-corrected chi connectivity index (χ4v) is 2.97. The molecule has 146 valence electrons. The van der Waals surface area contributed by atoms with Crippen molar-refractivity contribution >= 4 is 23.5 Å². The predicted octanol–water partition coefficient (Wildman–Crippen LogP) is 5.83. The fourth-order valence-electron chi connectivity index (χ4n) is 2.80. The number of rotatable bonds is 8. The molecule has 0 aliphatic carbocycles. The first kappa shape index (κ1) is 22.5. The zero-order valence-electron chi connectivity index (χ0n) is 16.9. The molecule has 0 aromatic heterocycles.